The molecule has 1 atom stereocenters. The number of phenols is 1. The van der Waals surface area contributed by atoms with Gasteiger partial charge in [0.15, 0.2) is 0 Å². The van der Waals surface area contributed by atoms with Crippen LogP contribution in [0.1, 0.15) is 44.4 Å². The Balaban J connectivity index is 2.32. The third-order valence-electron chi connectivity index (χ3n) is 3.61. The van der Waals surface area contributed by atoms with Crippen LogP contribution in [0, 0.1) is 0 Å². The molecule has 0 aromatic heterocycles. The Morgan fingerprint density at radius 2 is 1.81 bits per heavy atom. The van der Waals surface area contributed by atoms with Crippen molar-refractivity contribution in [1.29, 1.82) is 0 Å². The quantitative estimate of drug-likeness (QED) is 0.620. The van der Waals surface area contributed by atoms with Crippen molar-refractivity contribution in [3.8, 4) is 11.5 Å². The molecule has 0 unspecified atom stereocenters. The highest BCUT2D eigenvalue weighted by Crippen LogP contribution is 2.31. The summed E-state index contributed by atoms with van der Waals surface area (Å²) in [6, 6.07) is 13.8. The highest BCUT2D eigenvalue weighted by atomic mass is 16.6. The molecular weight excluding hydrogens is 330 g/mol. The van der Waals surface area contributed by atoms with Gasteiger partial charge in [0.25, 0.3) is 0 Å². The predicted molar refractivity (Wildman–Crippen MR) is 102 cm³/mol. The molecule has 5 heteroatoms. The minimum absolute atomic E-state index is 0.0712. The van der Waals surface area contributed by atoms with E-state index in [9.17, 15) is 9.90 Å². The van der Waals surface area contributed by atoms with Crippen molar-refractivity contribution >= 4 is 12.2 Å². The van der Waals surface area contributed by atoms with Crippen LogP contribution in [-0.4, -0.2) is 30.0 Å². The van der Waals surface area contributed by atoms with Crippen molar-refractivity contribution in [2.24, 2.45) is 4.99 Å². The Kier molecular flexibility index (Phi) is 6.39. The fourth-order valence-electron chi connectivity index (χ4n) is 2.49. The summed E-state index contributed by atoms with van der Waals surface area (Å²) in [5.74, 6) is 0.436. The van der Waals surface area contributed by atoms with E-state index >= 15 is 0 Å². The zero-order valence-corrected chi connectivity index (χ0v) is 15.6. The number of esters is 1. The van der Waals surface area contributed by atoms with Crippen LogP contribution in [0.5, 0.6) is 11.5 Å². The summed E-state index contributed by atoms with van der Waals surface area (Å²) in [4.78, 5) is 16.9. The van der Waals surface area contributed by atoms with Gasteiger partial charge in [-0.05, 0) is 39.0 Å². The molecule has 138 valence electrons. The number of hydrogen-bond donors (Lipinski definition) is 1. The molecule has 0 saturated heterocycles. The highest BCUT2D eigenvalue weighted by molar-refractivity contribution is 5.83. The normalized spacial score (nSPS) is 12.8. The highest BCUT2D eigenvalue weighted by Gasteiger charge is 2.23. The summed E-state index contributed by atoms with van der Waals surface area (Å²) in [7, 11) is 1.58. The molecule has 0 aliphatic heterocycles. The van der Waals surface area contributed by atoms with Gasteiger partial charge in [-0.2, -0.15) is 0 Å². The number of nitrogens with zero attached hydrogens (tertiary/aromatic N) is 1. The van der Waals surface area contributed by atoms with Crippen molar-refractivity contribution in [2.75, 3.05) is 7.11 Å². The zero-order valence-electron chi connectivity index (χ0n) is 15.6. The predicted octanol–water partition coefficient (Wildman–Crippen LogP) is 4.29. The van der Waals surface area contributed by atoms with Crippen molar-refractivity contribution < 1.29 is 19.4 Å². The monoisotopic (exact) mass is 355 g/mol. The maximum absolute atomic E-state index is 12.3. The van der Waals surface area contributed by atoms with Gasteiger partial charge in [0.2, 0.25) is 0 Å². The third kappa shape index (κ3) is 5.62. The van der Waals surface area contributed by atoms with Gasteiger partial charge in [-0.1, -0.05) is 30.3 Å². The van der Waals surface area contributed by atoms with Crippen LogP contribution in [-0.2, 0) is 9.53 Å². The Bertz CT molecular complexity index is 778. The SMILES string of the molecule is COc1ccccc1[C@H](CC(=O)OC(C)(C)C)N=Cc1ccccc1O. The number of carbonyl (C=O) groups is 1. The minimum atomic E-state index is -0.566. The maximum atomic E-state index is 12.3. The second-order valence-electron chi connectivity index (χ2n) is 6.89. The zero-order chi connectivity index (χ0) is 19.2. The van der Waals surface area contributed by atoms with Gasteiger partial charge in [0.1, 0.15) is 17.1 Å². The van der Waals surface area contributed by atoms with E-state index in [1.165, 1.54) is 0 Å². The average Bonchev–Trinajstić information content (AvgIpc) is 2.58. The molecule has 2 aromatic carbocycles. The lowest BCUT2D eigenvalue weighted by Gasteiger charge is -2.22. The molecule has 1 N–H and O–H groups in total. The van der Waals surface area contributed by atoms with Crippen LogP contribution < -0.4 is 4.74 Å². The van der Waals surface area contributed by atoms with E-state index in [1.54, 1.807) is 31.5 Å². The number of ether oxygens (including phenoxy) is 2. The number of benzene rings is 2. The minimum Gasteiger partial charge on any atom is -0.507 e. The second-order valence-corrected chi connectivity index (χ2v) is 6.89. The Morgan fingerprint density at radius 1 is 1.15 bits per heavy atom. The molecule has 0 heterocycles. The number of rotatable bonds is 6. The number of aromatic hydroxyl groups is 1. The van der Waals surface area contributed by atoms with Gasteiger partial charge in [-0.15, -0.1) is 0 Å². The van der Waals surface area contributed by atoms with Crippen molar-refractivity contribution in [3.63, 3.8) is 0 Å². The number of aliphatic imine (C=N–C) groups is 1. The first-order valence-electron chi connectivity index (χ1n) is 8.46. The third-order valence-corrected chi connectivity index (χ3v) is 3.61. The molecule has 0 spiro atoms. The van der Waals surface area contributed by atoms with E-state index in [0.29, 0.717) is 11.3 Å². The van der Waals surface area contributed by atoms with E-state index in [2.05, 4.69) is 4.99 Å². The summed E-state index contributed by atoms with van der Waals surface area (Å²) < 4.78 is 10.8. The first-order valence-corrected chi connectivity index (χ1v) is 8.46. The lowest BCUT2D eigenvalue weighted by atomic mass is 10.0. The standard InChI is InChI=1S/C21H25NO4/c1-21(2,3)26-20(24)13-17(16-10-6-8-12-19(16)25-4)22-14-15-9-5-7-11-18(15)23/h5-12,14,17,23H,13H2,1-4H3/t17-/m0/s1. The number of hydrogen-bond acceptors (Lipinski definition) is 5. The summed E-state index contributed by atoms with van der Waals surface area (Å²) in [6.45, 7) is 5.48. The van der Waals surface area contributed by atoms with Crippen LogP contribution in [0.25, 0.3) is 0 Å². The Hall–Kier alpha value is -2.82. The molecule has 0 saturated carbocycles. The van der Waals surface area contributed by atoms with Crippen molar-refractivity contribution in [2.45, 2.75) is 38.8 Å². The molecule has 0 fully saturated rings. The Morgan fingerprint density at radius 3 is 2.46 bits per heavy atom. The van der Waals surface area contributed by atoms with Gasteiger partial charge >= 0.3 is 5.97 Å². The summed E-state index contributed by atoms with van der Waals surface area (Å²) in [5.41, 5.74) is 0.799. The van der Waals surface area contributed by atoms with Crippen LogP contribution in [0.3, 0.4) is 0 Å². The van der Waals surface area contributed by atoms with Crippen LogP contribution in [0.15, 0.2) is 53.5 Å². The molecule has 2 rings (SSSR count). The Labute approximate surface area is 154 Å². The number of para-hydroxylation sites is 2. The molecular formula is C21H25NO4. The number of methoxy groups -OCH3 is 1. The smallest absolute Gasteiger partial charge is 0.308 e. The van der Waals surface area contributed by atoms with E-state index in [1.807, 2.05) is 51.1 Å². The topological polar surface area (TPSA) is 68.1 Å². The van der Waals surface area contributed by atoms with Gasteiger partial charge in [0, 0.05) is 17.3 Å². The molecule has 5 nitrogen and oxygen atoms in total. The van der Waals surface area contributed by atoms with E-state index in [4.69, 9.17) is 9.47 Å². The van der Waals surface area contributed by atoms with Gasteiger partial charge in [-0.25, -0.2) is 0 Å². The van der Waals surface area contributed by atoms with Crippen molar-refractivity contribution in [1.82, 2.24) is 0 Å². The molecule has 2 aromatic rings. The van der Waals surface area contributed by atoms with E-state index in [-0.39, 0.29) is 18.1 Å². The lowest BCUT2D eigenvalue weighted by molar-refractivity contribution is -0.155. The fraction of sp³-hybridized carbons (Fsp3) is 0.333. The van der Waals surface area contributed by atoms with Crippen LogP contribution >= 0.6 is 0 Å². The first-order chi connectivity index (χ1) is 12.3. The van der Waals surface area contributed by atoms with Gasteiger partial charge in [-0.3, -0.25) is 9.79 Å². The average molecular weight is 355 g/mol. The largest absolute Gasteiger partial charge is 0.507 e. The maximum Gasteiger partial charge on any atom is 0.308 e. The molecule has 0 bridgehead atoms. The van der Waals surface area contributed by atoms with Crippen LogP contribution in [0.4, 0.5) is 0 Å². The van der Waals surface area contributed by atoms with Gasteiger partial charge < -0.3 is 14.6 Å². The van der Waals surface area contributed by atoms with Crippen molar-refractivity contribution in [3.05, 3.63) is 59.7 Å². The fourth-order valence-corrected chi connectivity index (χ4v) is 2.49. The first kappa shape index (κ1) is 19.5. The van der Waals surface area contributed by atoms with Gasteiger partial charge in [0.05, 0.1) is 19.6 Å². The summed E-state index contributed by atoms with van der Waals surface area (Å²) in [5, 5.41) is 9.92. The van der Waals surface area contributed by atoms with E-state index in [0.717, 1.165) is 5.56 Å². The van der Waals surface area contributed by atoms with E-state index < -0.39 is 11.6 Å². The molecule has 26 heavy (non-hydrogen) atoms. The molecule has 0 aliphatic rings. The lowest BCUT2D eigenvalue weighted by Crippen LogP contribution is -2.24. The molecule has 0 aliphatic carbocycles. The van der Waals surface area contributed by atoms with Crippen LogP contribution in [0.2, 0.25) is 0 Å². The second kappa shape index (κ2) is 8.52. The summed E-state index contributed by atoms with van der Waals surface area (Å²) >= 11 is 0. The molecule has 0 radical (unpaired) electrons. The number of carbonyl (C=O) groups excluding carboxylic acids is 1. The number of phenolic OH excluding ortho intramolecular Hbond substituents is 1. The molecule has 0 amide bonds. The summed E-state index contributed by atoms with van der Waals surface area (Å²) in [6.07, 6.45) is 1.64.